The average molecular weight is 410 g/mol. The first-order chi connectivity index (χ1) is 13.7. The predicted octanol–water partition coefficient (Wildman–Crippen LogP) is 4.55. The van der Waals surface area contributed by atoms with Crippen molar-refractivity contribution < 1.29 is 4.52 Å². The van der Waals surface area contributed by atoms with E-state index in [-0.39, 0.29) is 17.9 Å². The molecule has 1 N–H and O–H groups in total. The molecule has 1 aliphatic rings. The summed E-state index contributed by atoms with van der Waals surface area (Å²) in [6, 6.07) is 16.5. The average Bonchev–Trinajstić information content (AvgIpc) is 3.38. The fraction of sp³-hybridized carbons (Fsp3) is 0.318. The van der Waals surface area contributed by atoms with Crippen molar-refractivity contribution in [3.8, 4) is 11.4 Å². The summed E-state index contributed by atoms with van der Waals surface area (Å²) in [6.45, 7) is 3.91. The van der Waals surface area contributed by atoms with E-state index in [2.05, 4.69) is 62.3 Å². The second kappa shape index (κ2) is 7.97. The smallest absolute Gasteiger partial charge is 0.246 e. The van der Waals surface area contributed by atoms with Crippen LogP contribution in [-0.2, 0) is 12.1 Å². The minimum atomic E-state index is -0.216. The molecule has 1 unspecified atom stereocenters. The first-order valence-electron chi connectivity index (χ1n) is 9.80. The fourth-order valence-corrected chi connectivity index (χ4v) is 3.90. The fourth-order valence-electron chi connectivity index (χ4n) is 3.90. The van der Waals surface area contributed by atoms with Crippen LogP contribution in [0.15, 0.2) is 59.4 Å². The molecule has 3 heterocycles. The third-order valence-corrected chi connectivity index (χ3v) is 5.61. The SMILES string of the molecule is CC1(c2nc(-c3ccc(Cn4cnc5ccccc54)cc3)no2)CCCCN1.Cl. The van der Waals surface area contributed by atoms with E-state index in [0.29, 0.717) is 11.7 Å². The van der Waals surface area contributed by atoms with Crippen LogP contribution in [0, 0.1) is 0 Å². The first-order valence-corrected chi connectivity index (χ1v) is 9.80. The molecule has 29 heavy (non-hydrogen) atoms. The van der Waals surface area contributed by atoms with Gasteiger partial charge in [0.1, 0.15) is 0 Å². The van der Waals surface area contributed by atoms with Crippen LogP contribution in [0.5, 0.6) is 0 Å². The second-order valence-electron chi connectivity index (χ2n) is 7.70. The molecule has 0 amide bonds. The molecule has 6 nitrogen and oxygen atoms in total. The number of hydrogen-bond donors (Lipinski definition) is 1. The van der Waals surface area contributed by atoms with E-state index in [1.54, 1.807) is 0 Å². The molecule has 2 aromatic heterocycles. The number of halogens is 1. The van der Waals surface area contributed by atoms with Gasteiger partial charge in [0.2, 0.25) is 11.7 Å². The van der Waals surface area contributed by atoms with Crippen molar-refractivity contribution in [2.45, 2.75) is 38.3 Å². The highest BCUT2D eigenvalue weighted by molar-refractivity contribution is 5.85. The Bertz CT molecular complexity index is 1100. The molecule has 2 aromatic carbocycles. The summed E-state index contributed by atoms with van der Waals surface area (Å²) in [5, 5.41) is 7.73. The maximum absolute atomic E-state index is 5.59. The maximum Gasteiger partial charge on any atom is 0.246 e. The molecule has 5 rings (SSSR count). The Hall–Kier alpha value is -2.70. The highest BCUT2D eigenvalue weighted by atomic mass is 35.5. The van der Waals surface area contributed by atoms with Gasteiger partial charge < -0.3 is 14.4 Å². The molecule has 0 saturated carbocycles. The lowest BCUT2D eigenvalue weighted by Gasteiger charge is -2.31. The summed E-state index contributed by atoms with van der Waals surface area (Å²) < 4.78 is 7.75. The molecule has 0 bridgehead atoms. The summed E-state index contributed by atoms with van der Waals surface area (Å²) in [6.07, 6.45) is 5.29. The van der Waals surface area contributed by atoms with Gasteiger partial charge in [-0.2, -0.15) is 4.98 Å². The molecule has 1 atom stereocenters. The van der Waals surface area contributed by atoms with Gasteiger partial charge in [-0.15, -0.1) is 12.4 Å². The molecule has 150 valence electrons. The van der Waals surface area contributed by atoms with Crippen LogP contribution in [0.2, 0.25) is 0 Å². The number of fused-ring (bicyclic) bond motifs is 1. The van der Waals surface area contributed by atoms with Crippen LogP contribution >= 0.6 is 12.4 Å². The van der Waals surface area contributed by atoms with E-state index in [4.69, 9.17) is 4.52 Å². The summed E-state index contributed by atoms with van der Waals surface area (Å²) >= 11 is 0. The van der Waals surface area contributed by atoms with E-state index in [0.717, 1.165) is 36.1 Å². The van der Waals surface area contributed by atoms with Crippen LogP contribution in [0.25, 0.3) is 22.4 Å². The second-order valence-corrected chi connectivity index (χ2v) is 7.70. The predicted molar refractivity (Wildman–Crippen MR) is 115 cm³/mol. The van der Waals surface area contributed by atoms with Crippen molar-refractivity contribution in [1.29, 1.82) is 0 Å². The largest absolute Gasteiger partial charge is 0.337 e. The van der Waals surface area contributed by atoms with Gasteiger partial charge in [0.05, 0.1) is 22.9 Å². The van der Waals surface area contributed by atoms with Crippen molar-refractivity contribution in [3.05, 3.63) is 66.3 Å². The van der Waals surface area contributed by atoms with Gasteiger partial charge in [0, 0.05) is 12.1 Å². The van der Waals surface area contributed by atoms with Gasteiger partial charge >= 0.3 is 0 Å². The van der Waals surface area contributed by atoms with E-state index in [1.165, 1.54) is 18.4 Å². The van der Waals surface area contributed by atoms with Gasteiger partial charge in [-0.3, -0.25) is 0 Å². The lowest BCUT2D eigenvalue weighted by atomic mass is 9.91. The standard InChI is InChI=1S/C22H23N5O.ClH/c1-22(12-4-5-13-24-22)21-25-20(26-28-21)17-10-8-16(9-11-17)14-27-15-23-18-6-2-3-7-19(18)27;/h2-3,6-11,15,24H,4-5,12-14H2,1H3;1H. The van der Waals surface area contributed by atoms with E-state index in [9.17, 15) is 0 Å². The van der Waals surface area contributed by atoms with Crippen LogP contribution in [0.1, 0.15) is 37.6 Å². The Balaban J connectivity index is 0.00000205. The number of hydrogen-bond acceptors (Lipinski definition) is 5. The molecule has 0 spiro atoms. The highest BCUT2D eigenvalue weighted by Gasteiger charge is 2.34. The summed E-state index contributed by atoms with van der Waals surface area (Å²) in [5.74, 6) is 1.32. The van der Waals surface area contributed by atoms with Gasteiger partial charge in [-0.1, -0.05) is 41.6 Å². The van der Waals surface area contributed by atoms with E-state index in [1.807, 2.05) is 24.5 Å². The third-order valence-electron chi connectivity index (χ3n) is 5.61. The topological polar surface area (TPSA) is 68.8 Å². The van der Waals surface area contributed by atoms with Crippen LogP contribution in [-0.4, -0.2) is 26.2 Å². The Morgan fingerprint density at radius 1 is 1.10 bits per heavy atom. The number of nitrogens with zero attached hydrogens (tertiary/aromatic N) is 4. The zero-order valence-electron chi connectivity index (χ0n) is 16.3. The lowest BCUT2D eigenvalue weighted by Crippen LogP contribution is -2.43. The Morgan fingerprint density at radius 2 is 1.93 bits per heavy atom. The van der Waals surface area contributed by atoms with Crippen molar-refractivity contribution in [2.75, 3.05) is 6.54 Å². The zero-order valence-corrected chi connectivity index (χ0v) is 17.2. The monoisotopic (exact) mass is 409 g/mol. The summed E-state index contributed by atoms with van der Waals surface area (Å²) in [7, 11) is 0. The molecule has 1 aliphatic heterocycles. The lowest BCUT2D eigenvalue weighted by molar-refractivity contribution is 0.207. The number of aromatic nitrogens is 4. The van der Waals surface area contributed by atoms with Crippen LogP contribution in [0.4, 0.5) is 0 Å². The summed E-state index contributed by atoms with van der Waals surface area (Å²) in [5.41, 5.74) is 4.11. The Morgan fingerprint density at radius 3 is 2.72 bits per heavy atom. The van der Waals surface area contributed by atoms with Gasteiger partial charge in [-0.05, 0) is 50.4 Å². The summed E-state index contributed by atoms with van der Waals surface area (Å²) in [4.78, 5) is 9.12. The maximum atomic E-state index is 5.59. The number of benzene rings is 2. The third kappa shape index (κ3) is 3.78. The van der Waals surface area contributed by atoms with Gasteiger partial charge in [0.25, 0.3) is 0 Å². The van der Waals surface area contributed by atoms with Crippen LogP contribution < -0.4 is 5.32 Å². The molecule has 0 aliphatic carbocycles. The van der Waals surface area contributed by atoms with Crippen LogP contribution in [0.3, 0.4) is 0 Å². The molecule has 7 heteroatoms. The minimum Gasteiger partial charge on any atom is -0.337 e. The number of para-hydroxylation sites is 2. The molecular weight excluding hydrogens is 386 g/mol. The molecule has 4 aromatic rings. The first kappa shape index (κ1) is 19.6. The number of nitrogens with one attached hydrogen (secondary N) is 1. The van der Waals surface area contributed by atoms with Gasteiger partial charge in [-0.25, -0.2) is 4.98 Å². The van der Waals surface area contributed by atoms with Crippen molar-refractivity contribution >= 4 is 23.4 Å². The quantitative estimate of drug-likeness (QED) is 0.535. The van der Waals surface area contributed by atoms with Crippen molar-refractivity contribution in [2.24, 2.45) is 0 Å². The van der Waals surface area contributed by atoms with Gasteiger partial charge in [0.15, 0.2) is 0 Å². The van der Waals surface area contributed by atoms with Crippen molar-refractivity contribution in [3.63, 3.8) is 0 Å². The molecule has 1 fully saturated rings. The molecular formula is C22H24ClN5O. The highest BCUT2D eigenvalue weighted by Crippen LogP contribution is 2.30. The zero-order chi connectivity index (χ0) is 19.0. The number of piperidine rings is 1. The number of imidazole rings is 1. The Kier molecular flexibility index (Phi) is 5.39. The van der Waals surface area contributed by atoms with E-state index < -0.39 is 0 Å². The normalized spacial score (nSPS) is 19.2. The molecule has 1 saturated heterocycles. The Labute approximate surface area is 175 Å². The van der Waals surface area contributed by atoms with Crippen molar-refractivity contribution in [1.82, 2.24) is 25.0 Å². The molecule has 0 radical (unpaired) electrons. The van der Waals surface area contributed by atoms with E-state index >= 15 is 0 Å². The minimum absolute atomic E-state index is 0. The number of rotatable bonds is 4.